The Balaban J connectivity index is 2.11. The lowest BCUT2D eigenvalue weighted by Crippen LogP contribution is -2.60. The maximum Gasteiger partial charge on any atom is 0.242 e. The number of carbonyl (C=O) groups is 2. The van der Waals surface area contributed by atoms with Crippen molar-refractivity contribution < 1.29 is 14.7 Å². The number of nitrogens with two attached hydrogens (primary N) is 1. The first-order chi connectivity index (χ1) is 10.4. The van der Waals surface area contributed by atoms with E-state index in [9.17, 15) is 14.7 Å². The van der Waals surface area contributed by atoms with Crippen LogP contribution in [0, 0.1) is 0 Å². The summed E-state index contributed by atoms with van der Waals surface area (Å²) < 4.78 is 0. The highest BCUT2D eigenvalue weighted by Gasteiger charge is 2.48. The molecule has 0 aliphatic carbocycles. The fourth-order valence-electron chi connectivity index (χ4n) is 3.26. The quantitative estimate of drug-likeness (QED) is 0.779. The maximum absolute atomic E-state index is 12.4. The van der Waals surface area contributed by atoms with Crippen molar-refractivity contribution in [1.29, 1.82) is 0 Å². The standard InChI is InChI=1S/C15H27N3O3S/c1-3-5-12(20)18-8-9-22-15(18)6-4-7-17(10-15)14(21)13(16)11(2)19/h11,13,19H,3-10,16H2,1-2H3. The average molecular weight is 329 g/mol. The van der Waals surface area contributed by atoms with Crippen molar-refractivity contribution in [3.05, 3.63) is 0 Å². The number of hydrogen-bond donors (Lipinski definition) is 2. The Morgan fingerprint density at radius 3 is 2.77 bits per heavy atom. The van der Waals surface area contributed by atoms with Crippen molar-refractivity contribution in [3.63, 3.8) is 0 Å². The molecular weight excluding hydrogens is 302 g/mol. The molecule has 7 heteroatoms. The maximum atomic E-state index is 12.4. The molecule has 2 aliphatic heterocycles. The molecule has 2 rings (SSSR count). The molecule has 0 aromatic carbocycles. The first-order valence-electron chi connectivity index (χ1n) is 8.08. The zero-order valence-corrected chi connectivity index (χ0v) is 14.3. The van der Waals surface area contributed by atoms with Gasteiger partial charge in [-0.2, -0.15) is 0 Å². The van der Waals surface area contributed by atoms with E-state index in [4.69, 9.17) is 5.73 Å². The zero-order valence-electron chi connectivity index (χ0n) is 13.5. The number of nitrogens with zero attached hydrogens (tertiary/aromatic N) is 2. The number of rotatable bonds is 4. The fourth-order valence-corrected chi connectivity index (χ4v) is 4.79. The molecule has 2 heterocycles. The fraction of sp³-hybridized carbons (Fsp3) is 0.867. The van der Waals surface area contributed by atoms with E-state index in [1.165, 1.54) is 6.92 Å². The van der Waals surface area contributed by atoms with E-state index in [1.54, 1.807) is 16.7 Å². The van der Waals surface area contributed by atoms with Gasteiger partial charge in [-0.3, -0.25) is 9.59 Å². The number of aliphatic hydroxyl groups excluding tert-OH is 1. The van der Waals surface area contributed by atoms with Gasteiger partial charge in [-0.25, -0.2) is 0 Å². The van der Waals surface area contributed by atoms with Crippen LogP contribution < -0.4 is 5.73 Å². The minimum atomic E-state index is -0.888. The van der Waals surface area contributed by atoms with E-state index in [0.29, 0.717) is 19.5 Å². The van der Waals surface area contributed by atoms with Crippen LogP contribution >= 0.6 is 11.8 Å². The van der Waals surface area contributed by atoms with Crippen molar-refractivity contribution in [3.8, 4) is 0 Å². The summed E-state index contributed by atoms with van der Waals surface area (Å²) in [5, 5.41) is 9.55. The molecule has 3 N–H and O–H groups in total. The van der Waals surface area contributed by atoms with E-state index in [-0.39, 0.29) is 16.7 Å². The Morgan fingerprint density at radius 2 is 2.14 bits per heavy atom. The third-order valence-electron chi connectivity index (χ3n) is 4.49. The highest BCUT2D eigenvalue weighted by Crippen LogP contribution is 2.43. The van der Waals surface area contributed by atoms with Gasteiger partial charge in [-0.15, -0.1) is 11.8 Å². The van der Waals surface area contributed by atoms with Gasteiger partial charge < -0.3 is 20.6 Å². The first-order valence-corrected chi connectivity index (χ1v) is 9.06. The smallest absolute Gasteiger partial charge is 0.242 e. The molecule has 22 heavy (non-hydrogen) atoms. The number of amides is 2. The second-order valence-corrected chi connectivity index (χ2v) is 7.68. The Hall–Kier alpha value is -0.790. The van der Waals surface area contributed by atoms with Crippen LogP contribution in [-0.4, -0.2) is 69.1 Å². The third kappa shape index (κ3) is 3.41. The predicted molar refractivity (Wildman–Crippen MR) is 87.3 cm³/mol. The Bertz CT molecular complexity index is 432. The summed E-state index contributed by atoms with van der Waals surface area (Å²) in [5.74, 6) is 0.881. The molecule has 3 unspecified atom stereocenters. The summed E-state index contributed by atoms with van der Waals surface area (Å²) in [6.07, 6.45) is 2.32. The lowest BCUT2D eigenvalue weighted by Gasteiger charge is -2.45. The molecule has 126 valence electrons. The van der Waals surface area contributed by atoms with Gasteiger partial charge in [-0.05, 0) is 26.2 Å². The molecule has 0 aromatic rings. The number of hydrogen-bond acceptors (Lipinski definition) is 5. The van der Waals surface area contributed by atoms with E-state index < -0.39 is 12.1 Å². The van der Waals surface area contributed by atoms with Gasteiger partial charge in [0.15, 0.2) is 0 Å². The molecule has 6 nitrogen and oxygen atoms in total. The molecule has 0 saturated carbocycles. The molecular formula is C15H27N3O3S. The summed E-state index contributed by atoms with van der Waals surface area (Å²) in [6, 6.07) is -0.888. The molecule has 0 bridgehead atoms. The van der Waals surface area contributed by atoms with Gasteiger partial charge in [0.25, 0.3) is 0 Å². The summed E-state index contributed by atoms with van der Waals surface area (Å²) in [4.78, 5) is 28.2. The highest BCUT2D eigenvalue weighted by atomic mass is 32.2. The van der Waals surface area contributed by atoms with Gasteiger partial charge in [0.05, 0.1) is 12.6 Å². The van der Waals surface area contributed by atoms with Crippen molar-refractivity contribution in [2.75, 3.05) is 25.4 Å². The van der Waals surface area contributed by atoms with Crippen molar-refractivity contribution >= 4 is 23.6 Å². The summed E-state index contributed by atoms with van der Waals surface area (Å²) in [7, 11) is 0. The minimum absolute atomic E-state index is 0.182. The Labute approximate surface area is 136 Å². The number of piperidine rings is 1. The monoisotopic (exact) mass is 329 g/mol. The van der Waals surface area contributed by atoms with E-state index >= 15 is 0 Å². The number of likely N-dealkylation sites (tertiary alicyclic amines) is 1. The third-order valence-corrected chi connectivity index (χ3v) is 5.97. The van der Waals surface area contributed by atoms with Gasteiger partial charge in [-0.1, -0.05) is 6.92 Å². The van der Waals surface area contributed by atoms with Crippen LogP contribution in [0.5, 0.6) is 0 Å². The summed E-state index contributed by atoms with van der Waals surface area (Å²) in [6.45, 7) is 5.47. The molecule has 2 aliphatic rings. The summed E-state index contributed by atoms with van der Waals surface area (Å²) in [5.41, 5.74) is 5.79. The van der Waals surface area contributed by atoms with Crippen LogP contribution in [0.2, 0.25) is 0 Å². The van der Waals surface area contributed by atoms with E-state index in [0.717, 1.165) is 31.6 Å². The highest BCUT2D eigenvalue weighted by molar-refractivity contribution is 8.00. The van der Waals surface area contributed by atoms with Gasteiger partial charge in [0.2, 0.25) is 11.8 Å². The molecule has 0 aromatic heterocycles. The SMILES string of the molecule is CCCC(=O)N1CCSC12CCCN(C(=O)C(N)C(C)O)C2. The van der Waals surface area contributed by atoms with Crippen LogP contribution in [0.4, 0.5) is 0 Å². The Kier molecular flexibility index (Phi) is 5.74. The van der Waals surface area contributed by atoms with Gasteiger partial charge in [0.1, 0.15) is 10.9 Å². The normalized spacial score (nSPS) is 28.0. The van der Waals surface area contributed by atoms with Crippen LogP contribution in [0.1, 0.15) is 39.5 Å². The van der Waals surface area contributed by atoms with Gasteiger partial charge >= 0.3 is 0 Å². The van der Waals surface area contributed by atoms with Crippen molar-refractivity contribution in [1.82, 2.24) is 9.80 Å². The van der Waals surface area contributed by atoms with Gasteiger partial charge in [0, 0.05) is 25.3 Å². The largest absolute Gasteiger partial charge is 0.391 e. The van der Waals surface area contributed by atoms with Crippen molar-refractivity contribution in [2.24, 2.45) is 5.73 Å². The first kappa shape index (κ1) is 17.6. The molecule has 0 radical (unpaired) electrons. The van der Waals surface area contributed by atoms with Crippen LogP contribution in [0.3, 0.4) is 0 Å². The van der Waals surface area contributed by atoms with E-state index in [2.05, 4.69) is 0 Å². The Morgan fingerprint density at radius 1 is 1.41 bits per heavy atom. The molecule has 3 atom stereocenters. The topological polar surface area (TPSA) is 86.9 Å². The second kappa shape index (κ2) is 7.19. The number of carbonyl (C=O) groups excluding carboxylic acids is 2. The summed E-state index contributed by atoms with van der Waals surface area (Å²) >= 11 is 1.78. The van der Waals surface area contributed by atoms with Crippen LogP contribution in [-0.2, 0) is 9.59 Å². The molecule has 2 saturated heterocycles. The lowest BCUT2D eigenvalue weighted by molar-refractivity contribution is -0.142. The second-order valence-electron chi connectivity index (χ2n) is 6.22. The average Bonchev–Trinajstić information content (AvgIpc) is 2.88. The predicted octanol–water partition coefficient (Wildman–Crippen LogP) is 0.389. The number of aliphatic hydroxyl groups is 1. The van der Waals surface area contributed by atoms with Crippen LogP contribution in [0.15, 0.2) is 0 Å². The molecule has 2 fully saturated rings. The molecule has 2 amide bonds. The van der Waals surface area contributed by atoms with Crippen LogP contribution in [0.25, 0.3) is 0 Å². The zero-order chi connectivity index (χ0) is 16.3. The minimum Gasteiger partial charge on any atom is -0.391 e. The number of thioether (sulfide) groups is 1. The van der Waals surface area contributed by atoms with Crippen molar-refractivity contribution in [2.45, 2.75) is 56.5 Å². The lowest BCUT2D eigenvalue weighted by atomic mass is 10.0. The van der Waals surface area contributed by atoms with E-state index in [1.807, 2.05) is 11.8 Å². The molecule has 1 spiro atoms.